The van der Waals surface area contributed by atoms with Gasteiger partial charge in [0.05, 0.1) is 13.0 Å². The minimum absolute atomic E-state index is 0.0451. The summed E-state index contributed by atoms with van der Waals surface area (Å²) in [5.74, 6) is -1.97. The standard InChI is InChI=1S/C18H32N2O5/c1-7-8-9-10-13(20-17(23)25-18(3,4)5)11-14(21)12(2)15(19)16(22)24-6/h12-13,19H,7-11H2,1-6H3,(H,20,23)/t12?,13-/m0/s1. The lowest BCUT2D eigenvalue weighted by molar-refractivity contribution is -0.134. The first-order valence-corrected chi connectivity index (χ1v) is 8.70. The van der Waals surface area contributed by atoms with Crippen LogP contribution in [0.3, 0.4) is 0 Å². The SMILES string of the molecule is CCCCC[C@@H](CC(=O)C(C)C(=N)C(=O)OC)NC(=O)OC(C)(C)C. The van der Waals surface area contributed by atoms with Gasteiger partial charge in [0, 0.05) is 12.5 Å². The van der Waals surface area contributed by atoms with Gasteiger partial charge in [0.15, 0.2) is 0 Å². The summed E-state index contributed by atoms with van der Waals surface area (Å²) in [6.07, 6.45) is 3.00. The van der Waals surface area contributed by atoms with Crippen molar-refractivity contribution in [3.63, 3.8) is 0 Å². The first kappa shape index (κ1) is 23.1. The smallest absolute Gasteiger partial charge is 0.407 e. The highest BCUT2D eigenvalue weighted by Crippen LogP contribution is 2.14. The average Bonchev–Trinajstić information content (AvgIpc) is 2.50. The number of nitrogens with one attached hydrogen (secondary N) is 2. The summed E-state index contributed by atoms with van der Waals surface area (Å²) in [6.45, 7) is 8.87. The van der Waals surface area contributed by atoms with Crippen LogP contribution in [0.15, 0.2) is 0 Å². The summed E-state index contributed by atoms with van der Waals surface area (Å²) in [5.41, 5.74) is -1.00. The maximum atomic E-state index is 12.4. The van der Waals surface area contributed by atoms with Crippen molar-refractivity contribution in [2.24, 2.45) is 5.92 Å². The fourth-order valence-corrected chi connectivity index (χ4v) is 2.21. The van der Waals surface area contributed by atoms with Crippen LogP contribution < -0.4 is 5.32 Å². The molecule has 7 heteroatoms. The van der Waals surface area contributed by atoms with Gasteiger partial charge in [0.1, 0.15) is 17.1 Å². The highest BCUT2D eigenvalue weighted by Gasteiger charge is 2.27. The van der Waals surface area contributed by atoms with E-state index in [1.165, 1.54) is 14.0 Å². The molecule has 144 valence electrons. The van der Waals surface area contributed by atoms with E-state index >= 15 is 0 Å². The Morgan fingerprint density at radius 3 is 2.24 bits per heavy atom. The fourth-order valence-electron chi connectivity index (χ4n) is 2.21. The molecule has 0 rings (SSSR count). The van der Waals surface area contributed by atoms with Crippen LogP contribution in [0.25, 0.3) is 0 Å². The minimum Gasteiger partial charge on any atom is -0.465 e. The third-order valence-electron chi connectivity index (χ3n) is 3.65. The highest BCUT2D eigenvalue weighted by molar-refractivity contribution is 6.39. The number of unbranched alkanes of at least 4 members (excludes halogenated alkanes) is 2. The lowest BCUT2D eigenvalue weighted by Crippen LogP contribution is -2.41. The molecule has 0 saturated heterocycles. The Bertz CT molecular complexity index is 482. The zero-order valence-electron chi connectivity index (χ0n) is 16.2. The molecule has 7 nitrogen and oxygen atoms in total. The summed E-state index contributed by atoms with van der Waals surface area (Å²) in [4.78, 5) is 35.8. The molecular formula is C18H32N2O5. The summed E-state index contributed by atoms with van der Waals surface area (Å²) in [5, 5.41) is 10.4. The molecule has 0 fully saturated rings. The molecule has 0 aliphatic rings. The van der Waals surface area contributed by atoms with Crippen LogP contribution in [0, 0.1) is 11.3 Å². The molecule has 0 aromatic heterocycles. The summed E-state index contributed by atoms with van der Waals surface area (Å²) in [6, 6.07) is -0.387. The zero-order valence-corrected chi connectivity index (χ0v) is 16.2. The van der Waals surface area contributed by atoms with Gasteiger partial charge >= 0.3 is 12.1 Å². The van der Waals surface area contributed by atoms with Gasteiger partial charge in [-0.05, 0) is 34.1 Å². The van der Waals surface area contributed by atoms with Crippen molar-refractivity contribution in [1.29, 1.82) is 5.41 Å². The molecule has 0 bridgehead atoms. The number of amides is 1. The Morgan fingerprint density at radius 2 is 1.76 bits per heavy atom. The Kier molecular flexibility index (Phi) is 10.0. The largest absolute Gasteiger partial charge is 0.465 e. The van der Waals surface area contributed by atoms with E-state index in [0.29, 0.717) is 6.42 Å². The molecule has 1 amide bonds. The Hall–Kier alpha value is -1.92. The van der Waals surface area contributed by atoms with Crippen molar-refractivity contribution in [2.45, 2.75) is 78.4 Å². The second-order valence-electron chi connectivity index (χ2n) is 7.14. The van der Waals surface area contributed by atoms with E-state index in [1.54, 1.807) is 20.8 Å². The molecule has 2 N–H and O–H groups in total. The lowest BCUT2D eigenvalue weighted by Gasteiger charge is -2.24. The third-order valence-corrected chi connectivity index (χ3v) is 3.65. The highest BCUT2D eigenvalue weighted by atomic mass is 16.6. The van der Waals surface area contributed by atoms with Crippen LogP contribution in [0.1, 0.15) is 66.7 Å². The van der Waals surface area contributed by atoms with Gasteiger partial charge in [0.25, 0.3) is 0 Å². The van der Waals surface area contributed by atoms with Crippen LogP contribution in [0.5, 0.6) is 0 Å². The molecule has 0 aromatic rings. The van der Waals surface area contributed by atoms with Crippen molar-refractivity contribution in [3.8, 4) is 0 Å². The third kappa shape index (κ3) is 9.84. The summed E-state index contributed by atoms with van der Waals surface area (Å²) < 4.78 is 9.72. The van der Waals surface area contributed by atoms with E-state index in [4.69, 9.17) is 10.1 Å². The van der Waals surface area contributed by atoms with Gasteiger partial charge in [-0.3, -0.25) is 10.2 Å². The molecule has 2 atom stereocenters. The number of rotatable bonds is 10. The van der Waals surface area contributed by atoms with Crippen molar-refractivity contribution in [2.75, 3.05) is 7.11 Å². The van der Waals surface area contributed by atoms with Gasteiger partial charge in [0.2, 0.25) is 0 Å². The molecule has 0 saturated carbocycles. The number of carbonyl (C=O) groups excluding carboxylic acids is 3. The molecule has 0 aliphatic heterocycles. The molecule has 0 aromatic carbocycles. The Labute approximate surface area is 150 Å². The van der Waals surface area contributed by atoms with Gasteiger partial charge in [-0.25, -0.2) is 9.59 Å². The Morgan fingerprint density at radius 1 is 1.16 bits per heavy atom. The zero-order chi connectivity index (χ0) is 19.6. The molecular weight excluding hydrogens is 324 g/mol. The van der Waals surface area contributed by atoms with Crippen molar-refractivity contribution in [3.05, 3.63) is 0 Å². The van der Waals surface area contributed by atoms with Gasteiger partial charge in [-0.15, -0.1) is 0 Å². The summed E-state index contributed by atoms with van der Waals surface area (Å²) >= 11 is 0. The van der Waals surface area contributed by atoms with Crippen molar-refractivity contribution in [1.82, 2.24) is 5.32 Å². The maximum absolute atomic E-state index is 12.4. The van der Waals surface area contributed by atoms with E-state index < -0.39 is 23.6 Å². The monoisotopic (exact) mass is 356 g/mol. The van der Waals surface area contributed by atoms with Crippen LogP contribution in [0.4, 0.5) is 4.79 Å². The fraction of sp³-hybridized carbons (Fsp3) is 0.778. The number of Topliss-reactive ketones (excluding diaryl/α,β-unsaturated/α-hetero) is 1. The van der Waals surface area contributed by atoms with Crippen LogP contribution >= 0.6 is 0 Å². The molecule has 1 unspecified atom stereocenters. The molecule has 25 heavy (non-hydrogen) atoms. The van der Waals surface area contributed by atoms with E-state index in [0.717, 1.165) is 19.3 Å². The predicted molar refractivity (Wildman–Crippen MR) is 95.8 cm³/mol. The summed E-state index contributed by atoms with van der Waals surface area (Å²) in [7, 11) is 1.17. The number of hydrogen-bond acceptors (Lipinski definition) is 6. The number of ether oxygens (including phenoxy) is 2. The number of ketones is 1. The average molecular weight is 356 g/mol. The van der Waals surface area contributed by atoms with Crippen LogP contribution in [-0.2, 0) is 19.1 Å². The van der Waals surface area contributed by atoms with E-state index in [2.05, 4.69) is 17.0 Å². The number of carbonyl (C=O) groups is 3. The van der Waals surface area contributed by atoms with Crippen LogP contribution in [0.2, 0.25) is 0 Å². The molecule has 0 heterocycles. The van der Waals surface area contributed by atoms with Gasteiger partial charge < -0.3 is 14.8 Å². The second-order valence-corrected chi connectivity index (χ2v) is 7.14. The normalized spacial score (nSPS) is 13.5. The van der Waals surface area contributed by atoms with Crippen molar-refractivity contribution < 1.29 is 23.9 Å². The van der Waals surface area contributed by atoms with Crippen molar-refractivity contribution >= 4 is 23.6 Å². The van der Waals surface area contributed by atoms with Gasteiger partial charge in [-0.1, -0.05) is 26.2 Å². The maximum Gasteiger partial charge on any atom is 0.407 e. The van der Waals surface area contributed by atoms with Gasteiger partial charge in [-0.2, -0.15) is 0 Å². The topological polar surface area (TPSA) is 106 Å². The Balaban J connectivity index is 4.86. The molecule has 0 spiro atoms. The minimum atomic E-state index is -0.874. The van der Waals surface area contributed by atoms with E-state index in [1.807, 2.05) is 0 Å². The van der Waals surface area contributed by atoms with Crippen LogP contribution in [-0.4, -0.2) is 42.3 Å². The number of esters is 1. The van der Waals surface area contributed by atoms with E-state index in [9.17, 15) is 14.4 Å². The van der Waals surface area contributed by atoms with E-state index in [-0.39, 0.29) is 24.0 Å². The molecule has 0 radical (unpaired) electrons. The number of alkyl carbamates (subject to hydrolysis) is 1. The first-order chi connectivity index (χ1) is 11.5. The quantitative estimate of drug-likeness (QED) is 0.355. The lowest BCUT2D eigenvalue weighted by atomic mass is 9.93. The predicted octanol–water partition coefficient (Wildman–Crippen LogP) is 3.25. The number of methoxy groups -OCH3 is 1. The molecule has 0 aliphatic carbocycles. The second kappa shape index (κ2) is 10.8. The first-order valence-electron chi connectivity index (χ1n) is 8.70. The number of hydrogen-bond donors (Lipinski definition) is 2.